The van der Waals surface area contributed by atoms with Crippen LogP contribution in [0.4, 0.5) is 4.39 Å². The van der Waals surface area contributed by atoms with E-state index in [9.17, 15) is 9.18 Å². The normalized spacial score (nSPS) is 10.6. The van der Waals surface area contributed by atoms with Gasteiger partial charge in [0.05, 0.1) is 0 Å². The molecule has 0 bridgehead atoms. The Morgan fingerprint density at radius 2 is 1.75 bits per heavy atom. The van der Waals surface area contributed by atoms with Gasteiger partial charge >= 0.3 is 5.97 Å². The zero-order chi connectivity index (χ0) is 19.3. The number of rotatable bonds is 5. The van der Waals surface area contributed by atoms with E-state index in [0.717, 1.165) is 17.1 Å². The highest BCUT2D eigenvalue weighted by molar-refractivity contribution is 7.08. The quantitative estimate of drug-likeness (QED) is 0.475. The van der Waals surface area contributed by atoms with Gasteiger partial charge in [-0.2, -0.15) is 0 Å². The number of hydrogen-bond donors (Lipinski definition) is 0. The van der Waals surface area contributed by atoms with Gasteiger partial charge in [0, 0.05) is 29.1 Å². The summed E-state index contributed by atoms with van der Waals surface area (Å²) in [4.78, 5) is 21.2. The summed E-state index contributed by atoms with van der Waals surface area (Å²) in [6.45, 7) is 0.00833. The van der Waals surface area contributed by atoms with Crippen molar-refractivity contribution in [3.8, 4) is 22.6 Å². The van der Waals surface area contributed by atoms with Crippen LogP contribution in [0, 0.1) is 5.82 Å². The summed E-state index contributed by atoms with van der Waals surface area (Å²) in [6, 6.07) is 15.3. The minimum atomic E-state index is -0.511. The lowest BCUT2D eigenvalue weighted by molar-refractivity contribution is 0.0478. The van der Waals surface area contributed by atoms with E-state index in [1.54, 1.807) is 24.5 Å². The first-order valence-corrected chi connectivity index (χ1v) is 9.10. The summed E-state index contributed by atoms with van der Waals surface area (Å²) in [5.41, 5.74) is 2.48. The van der Waals surface area contributed by atoms with Gasteiger partial charge in [0.15, 0.2) is 10.7 Å². The fourth-order valence-corrected chi connectivity index (χ4v) is 3.11. The van der Waals surface area contributed by atoms with Crippen LogP contribution >= 0.6 is 11.5 Å². The molecule has 28 heavy (non-hydrogen) atoms. The van der Waals surface area contributed by atoms with E-state index in [-0.39, 0.29) is 12.4 Å². The monoisotopic (exact) mass is 392 g/mol. The first kappa shape index (κ1) is 17.9. The minimum Gasteiger partial charge on any atom is -0.456 e. The number of carbonyl (C=O) groups excluding carboxylic acids is 1. The highest BCUT2D eigenvalue weighted by Gasteiger charge is 2.19. The maximum Gasteiger partial charge on any atom is 0.352 e. The van der Waals surface area contributed by atoms with Crippen molar-refractivity contribution in [1.29, 1.82) is 0 Å². The molecular formula is C20H13FN4O2S. The van der Waals surface area contributed by atoms with Crippen molar-refractivity contribution in [3.63, 3.8) is 0 Å². The Balaban J connectivity index is 1.44. The van der Waals surface area contributed by atoms with Crippen molar-refractivity contribution < 1.29 is 13.9 Å². The van der Waals surface area contributed by atoms with Crippen molar-refractivity contribution >= 4 is 17.5 Å². The summed E-state index contributed by atoms with van der Waals surface area (Å²) in [7, 11) is 0. The molecule has 0 N–H and O–H groups in total. The summed E-state index contributed by atoms with van der Waals surface area (Å²) in [5.74, 6) is -0.470. The molecule has 0 aliphatic heterocycles. The van der Waals surface area contributed by atoms with Crippen molar-refractivity contribution in [1.82, 2.24) is 19.6 Å². The molecule has 6 nitrogen and oxygen atoms in total. The molecule has 0 aliphatic rings. The third-order valence-corrected chi connectivity index (χ3v) is 4.58. The second-order valence-electron chi connectivity index (χ2n) is 5.82. The minimum absolute atomic E-state index is 0.00833. The Hall–Kier alpha value is -3.52. The van der Waals surface area contributed by atoms with Gasteiger partial charge in [0.25, 0.3) is 0 Å². The Labute approximate surface area is 163 Å². The van der Waals surface area contributed by atoms with Crippen LogP contribution in [0.5, 0.6) is 0 Å². The molecule has 0 spiro atoms. The number of hydrogen-bond acceptors (Lipinski definition) is 7. The first-order valence-electron chi connectivity index (χ1n) is 8.32. The van der Waals surface area contributed by atoms with Crippen LogP contribution < -0.4 is 0 Å². The van der Waals surface area contributed by atoms with Crippen LogP contribution in [0.3, 0.4) is 0 Å². The van der Waals surface area contributed by atoms with Crippen molar-refractivity contribution in [2.24, 2.45) is 0 Å². The van der Waals surface area contributed by atoms with Gasteiger partial charge in [0.1, 0.15) is 18.1 Å². The van der Waals surface area contributed by atoms with E-state index in [1.165, 1.54) is 12.1 Å². The molecule has 0 fully saturated rings. The number of benzene rings is 2. The summed E-state index contributed by atoms with van der Waals surface area (Å²) >= 11 is 0.986. The SMILES string of the molecule is O=C(OCc1cnc(-c2cccc(F)c2)nc1)c1snnc1-c1ccccc1. The zero-order valence-electron chi connectivity index (χ0n) is 14.4. The smallest absolute Gasteiger partial charge is 0.352 e. The highest BCUT2D eigenvalue weighted by atomic mass is 32.1. The van der Waals surface area contributed by atoms with Crippen LogP contribution in [0.15, 0.2) is 67.0 Å². The molecule has 0 radical (unpaired) electrons. The van der Waals surface area contributed by atoms with Crippen molar-refractivity contribution in [3.05, 3.63) is 83.2 Å². The van der Waals surface area contributed by atoms with Crippen LogP contribution in [-0.2, 0) is 11.3 Å². The maximum absolute atomic E-state index is 13.3. The fourth-order valence-electron chi connectivity index (χ4n) is 2.53. The fraction of sp³-hybridized carbons (Fsp3) is 0.0500. The second-order valence-corrected chi connectivity index (χ2v) is 6.57. The average molecular weight is 392 g/mol. The number of aromatic nitrogens is 4. The molecule has 2 aromatic carbocycles. The third kappa shape index (κ3) is 3.91. The maximum atomic E-state index is 13.3. The summed E-state index contributed by atoms with van der Waals surface area (Å²) in [6.07, 6.45) is 3.09. The predicted molar refractivity (Wildman–Crippen MR) is 102 cm³/mol. The molecule has 4 rings (SSSR count). The lowest BCUT2D eigenvalue weighted by atomic mass is 10.1. The topological polar surface area (TPSA) is 77.9 Å². The number of nitrogens with zero attached hydrogens (tertiary/aromatic N) is 4. The molecule has 2 aromatic heterocycles. The van der Waals surface area contributed by atoms with Crippen LogP contribution in [0.2, 0.25) is 0 Å². The van der Waals surface area contributed by atoms with Crippen LogP contribution in [0.25, 0.3) is 22.6 Å². The highest BCUT2D eigenvalue weighted by Crippen LogP contribution is 2.24. The molecule has 0 unspecified atom stereocenters. The molecule has 0 saturated carbocycles. The Morgan fingerprint density at radius 1 is 1.00 bits per heavy atom. The van der Waals surface area contributed by atoms with E-state index in [2.05, 4.69) is 19.6 Å². The van der Waals surface area contributed by atoms with Crippen molar-refractivity contribution in [2.45, 2.75) is 6.61 Å². The van der Waals surface area contributed by atoms with Gasteiger partial charge in [0.2, 0.25) is 0 Å². The third-order valence-electron chi connectivity index (χ3n) is 3.88. The van der Waals surface area contributed by atoms with Gasteiger partial charge in [-0.3, -0.25) is 0 Å². The van der Waals surface area contributed by atoms with E-state index in [1.807, 2.05) is 30.3 Å². The average Bonchev–Trinajstić information content (AvgIpc) is 3.23. The zero-order valence-corrected chi connectivity index (χ0v) is 15.3. The standard InChI is InChI=1S/C20H13FN4O2S/c21-16-8-4-7-15(9-16)19-22-10-13(11-23-19)12-27-20(26)18-17(24-25-28-18)14-5-2-1-3-6-14/h1-11H,12H2. The molecule has 138 valence electrons. The van der Waals surface area contributed by atoms with Gasteiger partial charge in [-0.25, -0.2) is 19.2 Å². The molecule has 0 saturated heterocycles. The van der Waals surface area contributed by atoms with Crippen LogP contribution in [-0.4, -0.2) is 25.5 Å². The van der Waals surface area contributed by atoms with E-state index < -0.39 is 5.97 Å². The van der Waals surface area contributed by atoms with Gasteiger partial charge in [-0.1, -0.05) is 47.0 Å². The molecule has 0 amide bonds. The number of halogens is 1. The second kappa shape index (κ2) is 8.01. The van der Waals surface area contributed by atoms with E-state index in [0.29, 0.717) is 27.5 Å². The Morgan fingerprint density at radius 3 is 2.50 bits per heavy atom. The lowest BCUT2D eigenvalue weighted by Gasteiger charge is -2.05. The van der Waals surface area contributed by atoms with Crippen molar-refractivity contribution in [2.75, 3.05) is 0 Å². The van der Waals surface area contributed by atoms with Gasteiger partial charge in [-0.15, -0.1) is 5.10 Å². The molecule has 8 heteroatoms. The largest absolute Gasteiger partial charge is 0.456 e. The van der Waals surface area contributed by atoms with Gasteiger partial charge in [-0.05, 0) is 23.7 Å². The van der Waals surface area contributed by atoms with Gasteiger partial charge < -0.3 is 4.74 Å². The number of carbonyl (C=O) groups is 1. The number of esters is 1. The molecule has 0 atom stereocenters. The van der Waals surface area contributed by atoms with Crippen LogP contribution in [0.1, 0.15) is 15.2 Å². The summed E-state index contributed by atoms with van der Waals surface area (Å²) < 4.78 is 22.5. The number of ether oxygens (including phenoxy) is 1. The Bertz CT molecular complexity index is 1100. The first-order chi connectivity index (χ1) is 13.7. The summed E-state index contributed by atoms with van der Waals surface area (Å²) in [5, 5.41) is 4.03. The molecule has 2 heterocycles. The Kier molecular flexibility index (Phi) is 5.11. The molecule has 4 aromatic rings. The van der Waals surface area contributed by atoms with E-state index >= 15 is 0 Å². The molecule has 0 aliphatic carbocycles. The molecular weight excluding hydrogens is 379 g/mol. The predicted octanol–water partition coefficient (Wildman–Crippen LogP) is 4.16. The van der Waals surface area contributed by atoms with E-state index in [4.69, 9.17) is 4.74 Å². The lowest BCUT2D eigenvalue weighted by Crippen LogP contribution is -2.05.